The van der Waals surface area contributed by atoms with E-state index in [0.717, 1.165) is 36.0 Å². The van der Waals surface area contributed by atoms with E-state index in [1.807, 2.05) is 24.3 Å². The van der Waals surface area contributed by atoms with Crippen LogP contribution in [-0.4, -0.2) is 77.3 Å². The number of carbonyl (C=O) groups excluding carboxylic acids is 1. The van der Waals surface area contributed by atoms with Gasteiger partial charge in [-0.3, -0.25) is 17.3 Å². The predicted octanol–water partition coefficient (Wildman–Crippen LogP) is 8.38. The van der Waals surface area contributed by atoms with Crippen molar-refractivity contribution in [3.8, 4) is 0 Å². The van der Waals surface area contributed by atoms with Crippen LogP contribution in [0.25, 0.3) is 0 Å². The van der Waals surface area contributed by atoms with Gasteiger partial charge in [-0.1, -0.05) is 77.9 Å². The summed E-state index contributed by atoms with van der Waals surface area (Å²) in [6.45, 7) is 17.5. The van der Waals surface area contributed by atoms with Gasteiger partial charge in [0.1, 0.15) is 6.10 Å². The van der Waals surface area contributed by atoms with E-state index in [1.165, 1.54) is 40.2 Å². The first-order valence-electron chi connectivity index (χ1n) is 18.7. The highest BCUT2D eigenvalue weighted by Crippen LogP contribution is 2.24. The number of benzene rings is 3. The minimum Gasteiger partial charge on any atom is -0.382 e. The summed E-state index contributed by atoms with van der Waals surface area (Å²) in [5, 5.41) is 0. The van der Waals surface area contributed by atoms with Gasteiger partial charge in [0.25, 0.3) is 30.4 Å². The third-order valence-corrected chi connectivity index (χ3v) is 13.3. The number of ketones is 1. The Hall–Kier alpha value is -3.02. The first kappa shape index (κ1) is 51.0. The molecule has 0 radical (unpaired) electrons. The van der Waals surface area contributed by atoms with Crippen molar-refractivity contribution in [3.63, 3.8) is 0 Å². The van der Waals surface area contributed by atoms with Crippen LogP contribution >= 0.6 is 0 Å². The lowest BCUT2D eigenvalue weighted by atomic mass is 9.99. The molecule has 12 nitrogen and oxygen atoms in total. The Morgan fingerprint density at radius 1 is 0.518 bits per heavy atom. The Kier molecular flexibility index (Phi) is 22.5. The summed E-state index contributed by atoms with van der Waals surface area (Å²) in [4.78, 5) is 11.5. The maximum absolute atomic E-state index is 12.0. The fourth-order valence-corrected chi connectivity index (χ4v) is 7.80. The molecule has 56 heavy (non-hydrogen) atoms. The van der Waals surface area contributed by atoms with Gasteiger partial charge in [-0.15, -0.1) is 0 Å². The Balaban J connectivity index is 0.000000420. The molecule has 5 atom stereocenters. The molecule has 0 aromatic heterocycles. The fraction of sp³-hybridized carbons (Fsp3) is 0.537. The molecule has 3 aromatic carbocycles. The molecular weight excluding hydrogens is 781 g/mol. The lowest BCUT2D eigenvalue weighted by molar-refractivity contribution is -0.122. The summed E-state index contributed by atoms with van der Waals surface area (Å²) >= 11 is 0. The van der Waals surface area contributed by atoms with Crippen molar-refractivity contribution in [2.75, 3.05) is 34.0 Å². The molecule has 0 fully saturated rings. The molecule has 0 saturated carbocycles. The van der Waals surface area contributed by atoms with Crippen LogP contribution in [0, 0.1) is 0 Å². The zero-order valence-electron chi connectivity index (χ0n) is 34.7. The normalized spacial score (nSPS) is 14.6. The third-order valence-electron chi connectivity index (χ3n) is 9.11. The minimum atomic E-state index is -3.87. The summed E-state index contributed by atoms with van der Waals surface area (Å²) < 4.78 is 95.7. The van der Waals surface area contributed by atoms with E-state index < -0.39 is 42.6 Å². The number of Topliss-reactive ketones (excluding diaryl/α,β-unsaturated/α-hetero) is 1. The smallest absolute Gasteiger partial charge is 0.297 e. The largest absolute Gasteiger partial charge is 0.382 e. The lowest BCUT2D eigenvalue weighted by Gasteiger charge is -2.13. The highest BCUT2D eigenvalue weighted by Gasteiger charge is 2.22. The third kappa shape index (κ3) is 17.2. The maximum atomic E-state index is 12.0. The summed E-state index contributed by atoms with van der Waals surface area (Å²) in [6.07, 6.45) is 1.58. The molecule has 316 valence electrons. The van der Waals surface area contributed by atoms with Crippen LogP contribution in [0.2, 0.25) is 0 Å². The van der Waals surface area contributed by atoms with Gasteiger partial charge in [-0.2, -0.15) is 25.3 Å². The zero-order chi connectivity index (χ0) is 42.7. The van der Waals surface area contributed by atoms with E-state index in [9.17, 15) is 30.0 Å². The van der Waals surface area contributed by atoms with Crippen molar-refractivity contribution in [3.05, 3.63) is 89.5 Å². The van der Waals surface area contributed by atoms with E-state index in [2.05, 4.69) is 41.5 Å². The Morgan fingerprint density at radius 2 is 0.857 bits per heavy atom. The Labute approximate surface area is 336 Å². The van der Waals surface area contributed by atoms with Gasteiger partial charge in [0.15, 0.2) is 5.78 Å². The second-order valence-corrected chi connectivity index (χ2v) is 18.3. The average Bonchev–Trinajstić information content (AvgIpc) is 3.17. The highest BCUT2D eigenvalue weighted by molar-refractivity contribution is 7.87. The minimum absolute atomic E-state index is 0.0337. The predicted molar refractivity (Wildman–Crippen MR) is 218 cm³/mol. The summed E-state index contributed by atoms with van der Waals surface area (Å²) in [6, 6.07) is 20.3. The number of hydrogen-bond acceptors (Lipinski definition) is 12. The van der Waals surface area contributed by atoms with Gasteiger partial charge >= 0.3 is 0 Å². The molecule has 0 heterocycles. The van der Waals surface area contributed by atoms with Crippen molar-refractivity contribution >= 4 is 36.1 Å². The van der Waals surface area contributed by atoms with Crippen molar-refractivity contribution in [2.24, 2.45) is 0 Å². The van der Waals surface area contributed by atoms with E-state index in [0.29, 0.717) is 17.8 Å². The molecule has 15 heteroatoms. The first-order chi connectivity index (χ1) is 26.2. The van der Waals surface area contributed by atoms with Gasteiger partial charge < -0.3 is 9.47 Å². The van der Waals surface area contributed by atoms with Crippen LogP contribution < -0.4 is 0 Å². The molecule has 5 unspecified atom stereocenters. The second kappa shape index (κ2) is 24.7. The van der Waals surface area contributed by atoms with Crippen LogP contribution in [0.15, 0.2) is 87.5 Å². The fourth-order valence-electron chi connectivity index (χ4n) is 4.74. The first-order valence-corrected chi connectivity index (χ1v) is 23.0. The van der Waals surface area contributed by atoms with Gasteiger partial charge in [0, 0.05) is 14.2 Å². The Morgan fingerprint density at radius 3 is 1.16 bits per heavy atom. The van der Waals surface area contributed by atoms with Gasteiger partial charge in [-0.25, -0.2) is 0 Å². The zero-order valence-corrected chi connectivity index (χ0v) is 37.1. The standard InChI is InChI=1S/C14H22O4S.C14H20O4S.C13H20O4S/c1-5-11(2)13-6-8-14(9-7-13)19(15,16)18-12(3)10-17-4;1-5-10(2)13-6-8-14(9-7-13)19(16,17)18-12(4)11(3)15;1-4-11(2)12-5-7-13(8-6-12)18(14,15)17-10-9-16-3/h6-9,11-12H,5,10H2,1-4H3;6-10,12H,5H2,1-4H3;5-8,11H,4,9-10H2,1-3H3. The van der Waals surface area contributed by atoms with E-state index in [4.69, 9.17) is 22.0 Å². The number of hydrogen-bond donors (Lipinski definition) is 0. The molecule has 0 bridgehead atoms. The van der Waals surface area contributed by atoms with Crippen molar-refractivity contribution < 1.29 is 52.1 Å². The number of ether oxygens (including phenoxy) is 2. The lowest BCUT2D eigenvalue weighted by Crippen LogP contribution is -2.22. The molecular formula is C41H62O12S3. The molecule has 0 aliphatic carbocycles. The van der Waals surface area contributed by atoms with Crippen molar-refractivity contribution in [2.45, 2.75) is 126 Å². The molecule has 3 rings (SSSR count). The van der Waals surface area contributed by atoms with Gasteiger partial charge in [-0.05, 0) is 111 Å². The monoisotopic (exact) mass is 842 g/mol. The highest BCUT2D eigenvalue weighted by atomic mass is 32.2. The molecule has 0 N–H and O–H groups in total. The van der Waals surface area contributed by atoms with E-state index in [-0.39, 0.29) is 40.3 Å². The number of methoxy groups -OCH3 is 2. The number of carbonyl (C=O) groups is 1. The van der Waals surface area contributed by atoms with Crippen molar-refractivity contribution in [1.29, 1.82) is 0 Å². The molecule has 0 aliphatic rings. The SMILES string of the molecule is CCC(C)c1ccc(S(=O)(=O)OC(C)C(C)=O)cc1.CCC(C)c1ccc(S(=O)(=O)OC(C)COC)cc1.CCC(C)c1ccc(S(=O)(=O)OCCOC)cc1. The summed E-state index contributed by atoms with van der Waals surface area (Å²) in [7, 11) is -8.24. The average molecular weight is 843 g/mol. The molecule has 0 saturated heterocycles. The molecule has 3 aromatic rings. The van der Waals surface area contributed by atoms with Crippen LogP contribution in [0.4, 0.5) is 0 Å². The molecule has 0 aliphatic heterocycles. The maximum Gasteiger partial charge on any atom is 0.297 e. The van der Waals surface area contributed by atoms with Crippen molar-refractivity contribution in [1.82, 2.24) is 0 Å². The topological polar surface area (TPSA) is 166 Å². The quantitative estimate of drug-likeness (QED) is 0.0789. The van der Waals surface area contributed by atoms with Gasteiger partial charge in [0.05, 0.1) is 40.6 Å². The van der Waals surface area contributed by atoms with Gasteiger partial charge in [0.2, 0.25) is 0 Å². The van der Waals surface area contributed by atoms with E-state index >= 15 is 0 Å². The van der Waals surface area contributed by atoms with Crippen LogP contribution in [0.3, 0.4) is 0 Å². The molecule has 0 amide bonds. The van der Waals surface area contributed by atoms with Crippen LogP contribution in [0.5, 0.6) is 0 Å². The summed E-state index contributed by atoms with van der Waals surface area (Å²) in [5.41, 5.74) is 3.35. The number of rotatable bonds is 20. The summed E-state index contributed by atoms with van der Waals surface area (Å²) in [5.74, 6) is 0.912. The van der Waals surface area contributed by atoms with E-state index in [1.54, 1.807) is 43.3 Å². The van der Waals surface area contributed by atoms with Crippen LogP contribution in [-0.2, 0) is 57.2 Å². The second-order valence-electron chi connectivity index (χ2n) is 13.5. The van der Waals surface area contributed by atoms with Crippen LogP contribution in [0.1, 0.15) is 116 Å². The Bertz CT molecular complexity index is 1910. The molecule has 0 spiro atoms.